The number of aromatic amines is 1. The van der Waals surface area contributed by atoms with Gasteiger partial charge in [0.1, 0.15) is 5.82 Å². The molecule has 0 atom stereocenters. The molecule has 3 aromatic carbocycles. The Labute approximate surface area is 145 Å². The van der Waals surface area contributed by atoms with Crippen molar-refractivity contribution in [2.45, 2.75) is 4.90 Å². The largest absolute Gasteiger partial charge is 0.338 e. The minimum atomic E-state index is -3.62. The zero-order valence-corrected chi connectivity index (χ0v) is 14.0. The van der Waals surface area contributed by atoms with Gasteiger partial charge in [-0.2, -0.15) is 0 Å². The number of nitrogens with one attached hydrogen (secondary N) is 2. The van der Waals surface area contributed by atoms with E-state index in [1.807, 2.05) is 30.3 Å². The third kappa shape index (κ3) is 3.12. The van der Waals surface area contributed by atoms with Crippen LogP contribution in [-0.4, -0.2) is 18.4 Å². The Morgan fingerprint density at radius 2 is 1.60 bits per heavy atom. The van der Waals surface area contributed by atoms with E-state index in [9.17, 15) is 8.42 Å². The molecule has 0 saturated heterocycles. The molecule has 0 fully saturated rings. The topological polar surface area (TPSA) is 74.8 Å². The summed E-state index contributed by atoms with van der Waals surface area (Å²) in [6.07, 6.45) is 0. The summed E-state index contributed by atoms with van der Waals surface area (Å²) in [5.74, 6) is 0.696. The molecule has 4 rings (SSSR count). The predicted molar refractivity (Wildman–Crippen MR) is 98.8 cm³/mol. The van der Waals surface area contributed by atoms with Gasteiger partial charge in [-0.1, -0.05) is 42.5 Å². The van der Waals surface area contributed by atoms with E-state index in [-0.39, 0.29) is 4.90 Å². The van der Waals surface area contributed by atoms with Crippen molar-refractivity contribution in [3.63, 3.8) is 0 Å². The SMILES string of the molecule is O=S(=O)(Nc1cccc(-c2nc3ccccc3[nH]2)c1)c1ccccc1. The zero-order valence-electron chi connectivity index (χ0n) is 13.2. The standard InChI is InChI=1S/C19H15N3O2S/c23-25(24,16-9-2-1-3-10-16)22-15-8-6-7-14(13-15)19-20-17-11-4-5-12-18(17)21-19/h1-13,22H,(H,20,21). The minimum Gasteiger partial charge on any atom is -0.338 e. The lowest BCUT2D eigenvalue weighted by molar-refractivity contribution is 0.601. The van der Waals surface area contributed by atoms with Crippen LogP contribution in [0.15, 0.2) is 83.8 Å². The van der Waals surface area contributed by atoms with E-state index in [1.165, 1.54) is 0 Å². The highest BCUT2D eigenvalue weighted by atomic mass is 32.2. The summed E-state index contributed by atoms with van der Waals surface area (Å²) >= 11 is 0. The normalized spacial score (nSPS) is 11.5. The third-order valence-electron chi connectivity index (χ3n) is 3.83. The van der Waals surface area contributed by atoms with E-state index in [0.29, 0.717) is 11.5 Å². The number of rotatable bonds is 4. The zero-order chi connectivity index (χ0) is 17.3. The molecule has 0 aliphatic carbocycles. The maximum atomic E-state index is 12.5. The van der Waals surface area contributed by atoms with Gasteiger partial charge in [0.25, 0.3) is 10.0 Å². The highest BCUT2D eigenvalue weighted by Gasteiger charge is 2.14. The van der Waals surface area contributed by atoms with Crippen LogP contribution in [0.4, 0.5) is 5.69 Å². The van der Waals surface area contributed by atoms with Crippen molar-refractivity contribution in [2.75, 3.05) is 4.72 Å². The number of sulfonamides is 1. The number of H-pyrrole nitrogens is 1. The molecule has 0 bridgehead atoms. The Bertz CT molecular complexity index is 1100. The Morgan fingerprint density at radius 1 is 0.840 bits per heavy atom. The first-order valence-corrected chi connectivity index (χ1v) is 9.23. The minimum absolute atomic E-state index is 0.226. The maximum Gasteiger partial charge on any atom is 0.261 e. The Hall–Kier alpha value is -3.12. The van der Waals surface area contributed by atoms with Crippen LogP contribution in [0.2, 0.25) is 0 Å². The van der Waals surface area contributed by atoms with Crippen molar-refractivity contribution in [2.24, 2.45) is 0 Å². The van der Waals surface area contributed by atoms with E-state index < -0.39 is 10.0 Å². The number of anilines is 1. The first kappa shape index (κ1) is 15.4. The molecule has 1 aromatic heterocycles. The van der Waals surface area contributed by atoms with Crippen LogP contribution in [0, 0.1) is 0 Å². The molecular formula is C19H15N3O2S. The average molecular weight is 349 g/mol. The lowest BCUT2D eigenvalue weighted by Gasteiger charge is -2.09. The van der Waals surface area contributed by atoms with Crippen molar-refractivity contribution in [1.29, 1.82) is 0 Å². The molecule has 0 aliphatic heterocycles. The van der Waals surface area contributed by atoms with Gasteiger partial charge in [-0.05, 0) is 36.4 Å². The fourth-order valence-corrected chi connectivity index (χ4v) is 3.70. The lowest BCUT2D eigenvalue weighted by Crippen LogP contribution is -2.12. The molecule has 0 unspecified atom stereocenters. The quantitative estimate of drug-likeness (QED) is 0.584. The number of nitrogens with zero attached hydrogens (tertiary/aromatic N) is 1. The van der Waals surface area contributed by atoms with E-state index >= 15 is 0 Å². The van der Waals surface area contributed by atoms with Crippen LogP contribution in [0.1, 0.15) is 0 Å². The molecule has 1 heterocycles. The van der Waals surface area contributed by atoms with Crippen molar-refractivity contribution in [1.82, 2.24) is 9.97 Å². The van der Waals surface area contributed by atoms with Gasteiger partial charge in [0, 0.05) is 11.3 Å². The number of hydrogen-bond donors (Lipinski definition) is 2. The van der Waals surface area contributed by atoms with Crippen LogP contribution in [0.25, 0.3) is 22.4 Å². The summed E-state index contributed by atoms with van der Waals surface area (Å²) in [7, 11) is -3.62. The second-order valence-corrected chi connectivity index (χ2v) is 7.28. The number of para-hydroxylation sites is 2. The second kappa shape index (κ2) is 6.07. The summed E-state index contributed by atoms with van der Waals surface area (Å²) in [6, 6.07) is 23.2. The van der Waals surface area contributed by atoms with E-state index in [4.69, 9.17) is 0 Å². The van der Waals surface area contributed by atoms with Gasteiger partial charge in [0.15, 0.2) is 0 Å². The molecule has 5 nitrogen and oxygen atoms in total. The van der Waals surface area contributed by atoms with Crippen LogP contribution >= 0.6 is 0 Å². The number of fused-ring (bicyclic) bond motifs is 1. The van der Waals surface area contributed by atoms with Crippen LogP contribution in [0.5, 0.6) is 0 Å². The van der Waals surface area contributed by atoms with Crippen molar-refractivity contribution in [3.05, 3.63) is 78.9 Å². The fraction of sp³-hybridized carbons (Fsp3) is 0. The lowest BCUT2D eigenvalue weighted by atomic mass is 10.2. The summed E-state index contributed by atoms with van der Waals surface area (Å²) in [6.45, 7) is 0. The van der Waals surface area contributed by atoms with E-state index in [2.05, 4.69) is 14.7 Å². The number of aromatic nitrogens is 2. The van der Waals surface area contributed by atoms with Gasteiger partial charge in [-0.3, -0.25) is 4.72 Å². The molecule has 4 aromatic rings. The van der Waals surface area contributed by atoms with Crippen LogP contribution < -0.4 is 4.72 Å². The molecule has 0 amide bonds. The van der Waals surface area contributed by atoms with Gasteiger partial charge >= 0.3 is 0 Å². The van der Waals surface area contributed by atoms with Crippen molar-refractivity contribution in [3.8, 4) is 11.4 Å². The van der Waals surface area contributed by atoms with Crippen LogP contribution in [0.3, 0.4) is 0 Å². The summed E-state index contributed by atoms with van der Waals surface area (Å²) < 4.78 is 27.5. The summed E-state index contributed by atoms with van der Waals surface area (Å²) in [5, 5.41) is 0. The number of benzene rings is 3. The molecule has 2 N–H and O–H groups in total. The van der Waals surface area contributed by atoms with Gasteiger partial charge in [-0.15, -0.1) is 0 Å². The van der Waals surface area contributed by atoms with Crippen molar-refractivity contribution >= 4 is 26.7 Å². The number of hydrogen-bond acceptors (Lipinski definition) is 3. The van der Waals surface area contributed by atoms with E-state index in [1.54, 1.807) is 48.5 Å². The monoisotopic (exact) mass is 349 g/mol. The Morgan fingerprint density at radius 3 is 2.40 bits per heavy atom. The molecule has 0 spiro atoms. The van der Waals surface area contributed by atoms with Gasteiger partial charge in [0.05, 0.1) is 15.9 Å². The molecular weight excluding hydrogens is 334 g/mol. The molecule has 25 heavy (non-hydrogen) atoms. The maximum absolute atomic E-state index is 12.5. The Kier molecular flexibility index (Phi) is 3.74. The van der Waals surface area contributed by atoms with Crippen molar-refractivity contribution < 1.29 is 8.42 Å². The third-order valence-corrected chi connectivity index (χ3v) is 5.23. The molecule has 6 heteroatoms. The first-order valence-electron chi connectivity index (χ1n) is 7.75. The fourth-order valence-electron chi connectivity index (χ4n) is 2.63. The van der Waals surface area contributed by atoms with Gasteiger partial charge < -0.3 is 4.98 Å². The molecule has 124 valence electrons. The molecule has 0 saturated carbocycles. The Balaban J connectivity index is 1.68. The predicted octanol–water partition coefficient (Wildman–Crippen LogP) is 4.03. The van der Waals surface area contributed by atoms with Crippen LogP contribution in [-0.2, 0) is 10.0 Å². The smallest absolute Gasteiger partial charge is 0.261 e. The van der Waals surface area contributed by atoms with Gasteiger partial charge in [-0.25, -0.2) is 13.4 Å². The first-order chi connectivity index (χ1) is 12.1. The molecule has 0 aliphatic rings. The number of imidazole rings is 1. The van der Waals surface area contributed by atoms with Gasteiger partial charge in [0.2, 0.25) is 0 Å². The van der Waals surface area contributed by atoms with E-state index in [0.717, 1.165) is 16.6 Å². The molecule has 0 radical (unpaired) electrons. The summed E-state index contributed by atoms with van der Waals surface area (Å²) in [5.41, 5.74) is 3.10. The second-order valence-electron chi connectivity index (χ2n) is 5.60. The average Bonchev–Trinajstić information content (AvgIpc) is 3.07. The summed E-state index contributed by atoms with van der Waals surface area (Å²) in [4.78, 5) is 8.02. The highest BCUT2D eigenvalue weighted by molar-refractivity contribution is 7.92. The highest BCUT2D eigenvalue weighted by Crippen LogP contribution is 2.24.